The van der Waals surface area contributed by atoms with Crippen LogP contribution in [0.3, 0.4) is 0 Å². The van der Waals surface area contributed by atoms with Gasteiger partial charge in [-0.3, -0.25) is 9.59 Å². The van der Waals surface area contributed by atoms with Gasteiger partial charge in [0.1, 0.15) is 17.2 Å². The van der Waals surface area contributed by atoms with Crippen molar-refractivity contribution in [1.29, 1.82) is 0 Å². The molecule has 0 aliphatic carbocycles. The second-order valence-electron chi connectivity index (χ2n) is 5.71. The van der Waals surface area contributed by atoms with Gasteiger partial charge >= 0.3 is 0 Å². The molecule has 2 amide bonds. The number of carbonyl (C=O) groups excluding carboxylic acids is 2. The molecular weight excluding hydrogens is 348 g/mol. The van der Waals surface area contributed by atoms with Gasteiger partial charge in [0.15, 0.2) is 0 Å². The molecule has 2 rings (SSSR count). The Bertz CT molecular complexity index is 816. The first-order valence-corrected chi connectivity index (χ1v) is 8.40. The third-order valence-corrected chi connectivity index (χ3v) is 3.72. The van der Waals surface area contributed by atoms with E-state index in [4.69, 9.17) is 4.74 Å². The van der Waals surface area contributed by atoms with E-state index in [0.29, 0.717) is 36.4 Å². The molecule has 0 unspecified atom stereocenters. The van der Waals surface area contributed by atoms with Crippen LogP contribution >= 0.6 is 0 Å². The quantitative estimate of drug-likeness (QED) is 0.420. The second kappa shape index (κ2) is 9.86. The Kier molecular flexibility index (Phi) is 7.25. The van der Waals surface area contributed by atoms with Crippen molar-refractivity contribution in [3.8, 4) is 17.2 Å². The predicted molar refractivity (Wildman–Crippen MR) is 102 cm³/mol. The van der Waals surface area contributed by atoms with E-state index in [1.54, 1.807) is 31.4 Å². The summed E-state index contributed by atoms with van der Waals surface area (Å²) in [6.07, 6.45) is 3.32. The maximum atomic E-state index is 12.0. The standard InChI is InChI=1S/C20H22N2O5/c1-27-17-8-4-15(5-9-17)20(26)22-12-2-11-21-19(25)10-6-14-3-7-16(23)13-18(14)24/h3-10,13,23-24H,2,11-12H2,1H3,(H,21,25)(H,22,26). The summed E-state index contributed by atoms with van der Waals surface area (Å²) >= 11 is 0. The lowest BCUT2D eigenvalue weighted by Crippen LogP contribution is -2.29. The van der Waals surface area contributed by atoms with E-state index in [9.17, 15) is 19.8 Å². The van der Waals surface area contributed by atoms with Crippen molar-refractivity contribution in [2.75, 3.05) is 20.2 Å². The molecular formula is C20H22N2O5. The maximum Gasteiger partial charge on any atom is 0.251 e. The van der Waals surface area contributed by atoms with E-state index in [0.717, 1.165) is 0 Å². The van der Waals surface area contributed by atoms with Gasteiger partial charge in [-0.2, -0.15) is 0 Å². The number of hydrogen-bond donors (Lipinski definition) is 4. The van der Waals surface area contributed by atoms with Gasteiger partial charge in [-0.15, -0.1) is 0 Å². The molecule has 0 aromatic heterocycles. The Labute approximate surface area is 157 Å². The average Bonchev–Trinajstić information content (AvgIpc) is 2.67. The first-order chi connectivity index (χ1) is 13.0. The van der Waals surface area contributed by atoms with Crippen molar-refractivity contribution < 1.29 is 24.5 Å². The van der Waals surface area contributed by atoms with Gasteiger partial charge in [0.05, 0.1) is 7.11 Å². The number of phenolic OH excluding ortho intramolecular Hbond substituents is 2. The lowest BCUT2D eigenvalue weighted by atomic mass is 10.2. The number of hydrogen-bond acceptors (Lipinski definition) is 5. The van der Waals surface area contributed by atoms with Crippen molar-refractivity contribution in [2.45, 2.75) is 6.42 Å². The van der Waals surface area contributed by atoms with Gasteiger partial charge in [0.25, 0.3) is 5.91 Å². The minimum atomic E-state index is -0.316. The highest BCUT2D eigenvalue weighted by Crippen LogP contribution is 2.23. The minimum absolute atomic E-state index is 0.0502. The van der Waals surface area contributed by atoms with Crippen LogP contribution in [0, 0.1) is 0 Å². The molecule has 4 N–H and O–H groups in total. The number of aromatic hydroxyl groups is 2. The molecule has 0 aliphatic heterocycles. The molecule has 27 heavy (non-hydrogen) atoms. The highest BCUT2D eigenvalue weighted by atomic mass is 16.5. The van der Waals surface area contributed by atoms with Crippen LogP contribution in [0.5, 0.6) is 17.2 Å². The summed E-state index contributed by atoms with van der Waals surface area (Å²) < 4.78 is 5.04. The fourth-order valence-electron chi connectivity index (χ4n) is 2.24. The van der Waals surface area contributed by atoms with E-state index in [2.05, 4.69) is 10.6 Å². The largest absolute Gasteiger partial charge is 0.508 e. The molecule has 0 aliphatic rings. The van der Waals surface area contributed by atoms with Crippen molar-refractivity contribution in [3.63, 3.8) is 0 Å². The van der Waals surface area contributed by atoms with Crippen molar-refractivity contribution in [3.05, 3.63) is 59.7 Å². The van der Waals surface area contributed by atoms with Crippen LogP contribution in [-0.4, -0.2) is 42.2 Å². The monoisotopic (exact) mass is 370 g/mol. The SMILES string of the molecule is COc1ccc(C(=O)NCCCNC(=O)C=Cc2ccc(O)cc2O)cc1. The highest BCUT2D eigenvalue weighted by Gasteiger charge is 2.05. The number of rotatable bonds is 8. The molecule has 142 valence electrons. The normalized spacial score (nSPS) is 10.6. The fraction of sp³-hybridized carbons (Fsp3) is 0.200. The molecule has 0 saturated carbocycles. The Hall–Kier alpha value is -3.48. The van der Waals surface area contributed by atoms with Gasteiger partial charge in [-0.05, 0) is 48.9 Å². The third-order valence-electron chi connectivity index (χ3n) is 3.72. The Morgan fingerprint density at radius 2 is 1.74 bits per heavy atom. The van der Waals surface area contributed by atoms with Crippen molar-refractivity contribution in [1.82, 2.24) is 10.6 Å². The molecule has 0 bridgehead atoms. The summed E-state index contributed by atoms with van der Waals surface area (Å²) in [5.41, 5.74) is 0.964. The summed E-state index contributed by atoms with van der Waals surface area (Å²) in [5.74, 6) is 0.0182. The zero-order valence-electron chi connectivity index (χ0n) is 14.9. The van der Waals surface area contributed by atoms with E-state index in [-0.39, 0.29) is 23.3 Å². The number of amides is 2. The molecule has 0 atom stereocenters. The third kappa shape index (κ3) is 6.39. The summed E-state index contributed by atoms with van der Waals surface area (Å²) in [6, 6.07) is 10.9. The molecule has 2 aromatic carbocycles. The van der Waals surface area contributed by atoms with Gasteiger partial charge < -0.3 is 25.6 Å². The number of benzene rings is 2. The number of phenols is 2. The van der Waals surface area contributed by atoms with E-state index < -0.39 is 0 Å². The van der Waals surface area contributed by atoms with Gasteiger partial charge in [-0.25, -0.2) is 0 Å². The number of ether oxygens (including phenoxy) is 1. The molecule has 0 radical (unpaired) electrons. The van der Waals surface area contributed by atoms with Gasteiger partial charge in [-0.1, -0.05) is 0 Å². The molecule has 2 aromatic rings. The zero-order valence-corrected chi connectivity index (χ0v) is 14.9. The molecule has 0 saturated heterocycles. The van der Waals surface area contributed by atoms with Crippen LogP contribution in [0.25, 0.3) is 6.08 Å². The number of methoxy groups -OCH3 is 1. The summed E-state index contributed by atoms with van der Waals surface area (Å²) in [5, 5.41) is 24.3. The molecule has 0 spiro atoms. The van der Waals surface area contributed by atoms with Crippen LogP contribution in [0.1, 0.15) is 22.3 Å². The van der Waals surface area contributed by atoms with Crippen LogP contribution < -0.4 is 15.4 Å². The van der Waals surface area contributed by atoms with Crippen LogP contribution in [0.4, 0.5) is 0 Å². The van der Waals surface area contributed by atoms with Crippen molar-refractivity contribution >= 4 is 17.9 Å². The van der Waals surface area contributed by atoms with Crippen LogP contribution in [-0.2, 0) is 4.79 Å². The lowest BCUT2D eigenvalue weighted by Gasteiger charge is -2.06. The summed E-state index contributed by atoms with van der Waals surface area (Å²) in [7, 11) is 1.56. The number of nitrogens with one attached hydrogen (secondary N) is 2. The van der Waals surface area contributed by atoms with Gasteiger partial charge in [0.2, 0.25) is 5.91 Å². The Morgan fingerprint density at radius 3 is 2.41 bits per heavy atom. The van der Waals surface area contributed by atoms with Gasteiger partial charge in [0, 0.05) is 36.4 Å². The fourth-order valence-corrected chi connectivity index (χ4v) is 2.24. The Balaban J connectivity index is 1.67. The predicted octanol–water partition coefficient (Wildman–Crippen LogP) is 2.06. The average molecular weight is 370 g/mol. The minimum Gasteiger partial charge on any atom is -0.508 e. The zero-order chi connectivity index (χ0) is 19.6. The molecule has 0 heterocycles. The van der Waals surface area contributed by atoms with E-state index in [1.165, 1.54) is 30.4 Å². The van der Waals surface area contributed by atoms with E-state index in [1.807, 2.05) is 0 Å². The molecule has 7 heteroatoms. The Morgan fingerprint density at radius 1 is 1.04 bits per heavy atom. The second-order valence-corrected chi connectivity index (χ2v) is 5.71. The smallest absolute Gasteiger partial charge is 0.251 e. The molecule has 0 fully saturated rings. The first-order valence-electron chi connectivity index (χ1n) is 8.40. The maximum absolute atomic E-state index is 12.0. The van der Waals surface area contributed by atoms with E-state index >= 15 is 0 Å². The highest BCUT2D eigenvalue weighted by molar-refractivity contribution is 5.94. The number of carbonyl (C=O) groups is 2. The van der Waals surface area contributed by atoms with Crippen LogP contribution in [0.2, 0.25) is 0 Å². The summed E-state index contributed by atoms with van der Waals surface area (Å²) in [6.45, 7) is 0.821. The topological polar surface area (TPSA) is 108 Å². The first kappa shape index (κ1) is 19.8. The molecule has 7 nitrogen and oxygen atoms in total. The summed E-state index contributed by atoms with van der Waals surface area (Å²) in [4.78, 5) is 23.7. The van der Waals surface area contributed by atoms with Crippen molar-refractivity contribution in [2.24, 2.45) is 0 Å². The van der Waals surface area contributed by atoms with Crippen LogP contribution in [0.15, 0.2) is 48.5 Å². The lowest BCUT2D eigenvalue weighted by molar-refractivity contribution is -0.116.